The molecule has 1 fully saturated rings. The van der Waals surface area contributed by atoms with Gasteiger partial charge in [-0.15, -0.1) is 11.3 Å². The lowest BCUT2D eigenvalue weighted by Crippen LogP contribution is -2.49. The summed E-state index contributed by atoms with van der Waals surface area (Å²) in [5.41, 5.74) is -0.363. The van der Waals surface area contributed by atoms with Gasteiger partial charge in [0.25, 0.3) is 10.0 Å². The minimum atomic E-state index is -3.55. The SMILES string of the molecule is CC(C)(C)NC(=O)CNC(=O)C1CCCN(S(=O)(=O)c2cccs2)C1. The summed E-state index contributed by atoms with van der Waals surface area (Å²) < 4.78 is 26.8. The zero-order valence-electron chi connectivity index (χ0n) is 14.7. The first-order valence-electron chi connectivity index (χ1n) is 8.22. The van der Waals surface area contributed by atoms with Crippen LogP contribution in [0.1, 0.15) is 33.6 Å². The molecule has 2 amide bonds. The van der Waals surface area contributed by atoms with Crippen LogP contribution in [0.2, 0.25) is 0 Å². The van der Waals surface area contributed by atoms with Crippen LogP contribution in [0.4, 0.5) is 0 Å². The number of amides is 2. The predicted molar refractivity (Wildman–Crippen MR) is 96.7 cm³/mol. The van der Waals surface area contributed by atoms with E-state index >= 15 is 0 Å². The summed E-state index contributed by atoms with van der Waals surface area (Å²) in [5, 5.41) is 7.10. The van der Waals surface area contributed by atoms with E-state index in [0.717, 1.165) is 0 Å². The second-order valence-electron chi connectivity index (χ2n) is 7.15. The maximum absolute atomic E-state index is 12.6. The second-order valence-corrected chi connectivity index (χ2v) is 10.3. The smallest absolute Gasteiger partial charge is 0.252 e. The first kappa shape index (κ1) is 19.9. The third-order valence-corrected chi connectivity index (χ3v) is 7.02. The Kier molecular flexibility index (Phi) is 6.23. The van der Waals surface area contributed by atoms with Crippen molar-refractivity contribution in [1.29, 1.82) is 0 Å². The van der Waals surface area contributed by atoms with Crippen molar-refractivity contribution in [2.24, 2.45) is 5.92 Å². The number of carbonyl (C=O) groups excluding carboxylic acids is 2. The molecule has 0 bridgehead atoms. The maximum Gasteiger partial charge on any atom is 0.252 e. The van der Waals surface area contributed by atoms with E-state index in [1.54, 1.807) is 17.5 Å². The van der Waals surface area contributed by atoms with Gasteiger partial charge in [-0.1, -0.05) is 6.07 Å². The Labute approximate surface area is 152 Å². The first-order valence-corrected chi connectivity index (χ1v) is 10.5. The number of sulfonamides is 1. The lowest BCUT2D eigenvalue weighted by atomic mass is 9.99. The lowest BCUT2D eigenvalue weighted by Gasteiger charge is -2.30. The van der Waals surface area contributed by atoms with Crippen LogP contribution in [0.5, 0.6) is 0 Å². The molecule has 0 radical (unpaired) electrons. The fraction of sp³-hybridized carbons (Fsp3) is 0.625. The van der Waals surface area contributed by atoms with E-state index in [1.807, 2.05) is 20.8 Å². The van der Waals surface area contributed by atoms with Crippen LogP contribution in [0, 0.1) is 5.92 Å². The number of thiophene rings is 1. The number of piperidine rings is 1. The van der Waals surface area contributed by atoms with Gasteiger partial charge < -0.3 is 10.6 Å². The van der Waals surface area contributed by atoms with Crippen LogP contribution < -0.4 is 10.6 Å². The van der Waals surface area contributed by atoms with E-state index in [9.17, 15) is 18.0 Å². The average molecular weight is 388 g/mol. The molecule has 0 saturated carbocycles. The molecule has 2 heterocycles. The van der Waals surface area contributed by atoms with Gasteiger partial charge in [-0.3, -0.25) is 9.59 Å². The van der Waals surface area contributed by atoms with E-state index in [2.05, 4.69) is 10.6 Å². The fourth-order valence-corrected chi connectivity index (χ4v) is 5.35. The van der Waals surface area contributed by atoms with Crippen LogP contribution in [-0.2, 0) is 19.6 Å². The van der Waals surface area contributed by atoms with Crippen molar-refractivity contribution in [1.82, 2.24) is 14.9 Å². The van der Waals surface area contributed by atoms with Crippen molar-refractivity contribution >= 4 is 33.2 Å². The van der Waals surface area contributed by atoms with Crippen LogP contribution in [-0.4, -0.2) is 49.7 Å². The molecule has 1 saturated heterocycles. The Morgan fingerprint density at radius 3 is 2.68 bits per heavy atom. The molecule has 9 heteroatoms. The van der Waals surface area contributed by atoms with Gasteiger partial charge in [-0.25, -0.2) is 8.42 Å². The molecule has 0 spiro atoms. The Bertz CT molecular complexity index is 708. The molecule has 2 rings (SSSR count). The topological polar surface area (TPSA) is 95.6 Å². The van der Waals surface area contributed by atoms with Crippen LogP contribution in [0.3, 0.4) is 0 Å². The van der Waals surface area contributed by atoms with Gasteiger partial charge in [0.15, 0.2) is 0 Å². The molecule has 2 N–H and O–H groups in total. The third-order valence-electron chi connectivity index (χ3n) is 3.78. The van der Waals surface area contributed by atoms with Gasteiger partial charge >= 0.3 is 0 Å². The van der Waals surface area contributed by atoms with Crippen LogP contribution in [0.15, 0.2) is 21.7 Å². The standard InChI is InChI=1S/C16H25N3O4S2/c1-16(2,3)18-13(20)10-17-15(21)12-6-4-8-19(11-12)25(22,23)14-7-5-9-24-14/h5,7,9,12H,4,6,8,10-11H2,1-3H3,(H,17,21)(H,18,20). The predicted octanol–water partition coefficient (Wildman–Crippen LogP) is 1.18. The Balaban J connectivity index is 1.92. The highest BCUT2D eigenvalue weighted by Crippen LogP contribution is 2.26. The zero-order valence-corrected chi connectivity index (χ0v) is 16.4. The highest BCUT2D eigenvalue weighted by atomic mass is 32.2. The molecular formula is C16H25N3O4S2. The van der Waals surface area contributed by atoms with Gasteiger partial charge in [0, 0.05) is 18.6 Å². The van der Waals surface area contributed by atoms with E-state index in [4.69, 9.17) is 0 Å². The zero-order chi connectivity index (χ0) is 18.7. The molecule has 1 aromatic rings. The third kappa shape index (κ3) is 5.52. The van der Waals surface area contributed by atoms with Crippen molar-refractivity contribution in [2.45, 2.75) is 43.4 Å². The van der Waals surface area contributed by atoms with E-state index in [-0.39, 0.29) is 34.7 Å². The highest BCUT2D eigenvalue weighted by molar-refractivity contribution is 7.91. The maximum atomic E-state index is 12.6. The van der Waals surface area contributed by atoms with Gasteiger partial charge in [-0.2, -0.15) is 4.31 Å². The van der Waals surface area contributed by atoms with E-state index in [0.29, 0.717) is 19.4 Å². The largest absolute Gasteiger partial charge is 0.350 e. The molecule has 1 aromatic heterocycles. The number of hydrogen-bond donors (Lipinski definition) is 2. The molecule has 1 atom stereocenters. The van der Waals surface area contributed by atoms with E-state index < -0.39 is 15.9 Å². The fourth-order valence-electron chi connectivity index (χ4n) is 2.69. The normalized spacial score (nSPS) is 19.4. The second kappa shape index (κ2) is 7.84. The molecule has 1 aliphatic heterocycles. The number of hydrogen-bond acceptors (Lipinski definition) is 5. The van der Waals surface area contributed by atoms with Gasteiger partial charge in [0.05, 0.1) is 12.5 Å². The van der Waals surface area contributed by atoms with Crippen molar-refractivity contribution < 1.29 is 18.0 Å². The molecule has 140 valence electrons. The van der Waals surface area contributed by atoms with Crippen LogP contribution >= 0.6 is 11.3 Å². The van der Waals surface area contributed by atoms with Gasteiger partial charge in [0.1, 0.15) is 4.21 Å². The molecule has 25 heavy (non-hydrogen) atoms. The van der Waals surface area contributed by atoms with Crippen molar-refractivity contribution in [3.05, 3.63) is 17.5 Å². The minimum absolute atomic E-state index is 0.107. The molecule has 0 aromatic carbocycles. The van der Waals surface area contributed by atoms with Gasteiger partial charge in [0.2, 0.25) is 11.8 Å². The van der Waals surface area contributed by atoms with Crippen LogP contribution in [0.25, 0.3) is 0 Å². The quantitative estimate of drug-likeness (QED) is 0.793. The van der Waals surface area contributed by atoms with E-state index in [1.165, 1.54) is 15.6 Å². The van der Waals surface area contributed by atoms with Gasteiger partial charge in [-0.05, 0) is 45.1 Å². The lowest BCUT2D eigenvalue weighted by molar-refractivity contribution is -0.129. The summed E-state index contributed by atoms with van der Waals surface area (Å²) in [6.45, 7) is 6.04. The number of carbonyl (C=O) groups is 2. The molecule has 1 aliphatic rings. The highest BCUT2D eigenvalue weighted by Gasteiger charge is 2.33. The average Bonchev–Trinajstić information content (AvgIpc) is 3.06. The first-order chi connectivity index (χ1) is 11.6. The monoisotopic (exact) mass is 387 g/mol. The Morgan fingerprint density at radius 1 is 1.36 bits per heavy atom. The summed E-state index contributed by atoms with van der Waals surface area (Å²) in [5.74, 6) is -0.985. The number of nitrogens with zero attached hydrogens (tertiary/aromatic N) is 1. The number of nitrogens with one attached hydrogen (secondary N) is 2. The Morgan fingerprint density at radius 2 is 2.08 bits per heavy atom. The van der Waals surface area contributed by atoms with Crippen molar-refractivity contribution in [3.8, 4) is 0 Å². The summed E-state index contributed by atoms with van der Waals surface area (Å²) in [7, 11) is -3.55. The molecular weight excluding hydrogens is 362 g/mol. The summed E-state index contributed by atoms with van der Waals surface area (Å²) in [4.78, 5) is 24.1. The number of rotatable bonds is 5. The molecule has 7 nitrogen and oxygen atoms in total. The minimum Gasteiger partial charge on any atom is -0.350 e. The Hall–Kier alpha value is -1.45. The summed E-state index contributed by atoms with van der Waals surface area (Å²) in [6, 6.07) is 3.26. The summed E-state index contributed by atoms with van der Waals surface area (Å²) >= 11 is 1.17. The summed E-state index contributed by atoms with van der Waals surface area (Å²) in [6.07, 6.45) is 1.24. The van der Waals surface area contributed by atoms with Crippen molar-refractivity contribution in [2.75, 3.05) is 19.6 Å². The van der Waals surface area contributed by atoms with Crippen molar-refractivity contribution in [3.63, 3.8) is 0 Å². The molecule has 1 unspecified atom stereocenters. The molecule has 0 aliphatic carbocycles.